The summed E-state index contributed by atoms with van der Waals surface area (Å²) in [7, 11) is 1.61. The molecule has 1 saturated heterocycles. The Morgan fingerprint density at radius 2 is 2.15 bits per heavy atom. The third-order valence-corrected chi connectivity index (χ3v) is 6.66. The molecule has 2 aliphatic carbocycles. The molecule has 27 heavy (non-hydrogen) atoms. The van der Waals surface area contributed by atoms with Crippen LogP contribution >= 0.6 is 0 Å². The fourth-order valence-corrected chi connectivity index (χ4v) is 5.53. The summed E-state index contributed by atoms with van der Waals surface area (Å²) in [6, 6.07) is 3.93. The van der Waals surface area contributed by atoms with Crippen LogP contribution in [0.15, 0.2) is 36.6 Å². The Hall–Kier alpha value is -2.47. The topological polar surface area (TPSA) is 63.2 Å². The smallest absolute Gasteiger partial charge is 0.231 e. The third-order valence-electron chi connectivity index (χ3n) is 6.66. The highest BCUT2D eigenvalue weighted by Gasteiger charge is 2.68. The van der Waals surface area contributed by atoms with E-state index in [1.165, 1.54) is 0 Å². The predicted molar refractivity (Wildman–Crippen MR) is 95.7 cm³/mol. The average Bonchev–Trinajstić information content (AvgIpc) is 3.33. The molecule has 0 amide bonds. The van der Waals surface area contributed by atoms with Crippen LogP contribution in [-0.4, -0.2) is 32.1 Å². The molecule has 5 rings (SSSR count). The van der Waals surface area contributed by atoms with Gasteiger partial charge in [0.1, 0.15) is 11.4 Å². The third kappa shape index (κ3) is 1.96. The molecule has 4 atom stereocenters. The molecule has 6 nitrogen and oxygen atoms in total. The fourth-order valence-electron chi connectivity index (χ4n) is 5.53. The number of benzene rings is 1. The number of hydrogen-bond acceptors (Lipinski definition) is 6. The molecule has 0 unspecified atom stereocenters. The van der Waals surface area contributed by atoms with Crippen LogP contribution in [0.5, 0.6) is 17.2 Å². The summed E-state index contributed by atoms with van der Waals surface area (Å²) >= 11 is 0. The lowest BCUT2D eigenvalue weighted by atomic mass is 9.67. The summed E-state index contributed by atoms with van der Waals surface area (Å²) in [5, 5.41) is 0. The van der Waals surface area contributed by atoms with E-state index in [1.807, 2.05) is 18.2 Å². The van der Waals surface area contributed by atoms with Gasteiger partial charge in [0.15, 0.2) is 24.1 Å². The number of carbonyl (C=O) groups excluding carboxylic acids is 1. The van der Waals surface area contributed by atoms with Gasteiger partial charge in [-0.3, -0.25) is 4.79 Å². The largest absolute Gasteiger partial charge is 0.493 e. The molecular formula is C21H22O6. The van der Waals surface area contributed by atoms with Gasteiger partial charge < -0.3 is 23.7 Å². The summed E-state index contributed by atoms with van der Waals surface area (Å²) < 4.78 is 28.4. The van der Waals surface area contributed by atoms with Crippen LogP contribution in [0.1, 0.15) is 31.2 Å². The number of ether oxygens (including phenoxy) is 5. The van der Waals surface area contributed by atoms with Crippen molar-refractivity contribution in [3.8, 4) is 17.2 Å². The zero-order valence-corrected chi connectivity index (χ0v) is 15.4. The Balaban J connectivity index is 1.70. The van der Waals surface area contributed by atoms with E-state index in [2.05, 4.69) is 13.5 Å². The maximum atomic E-state index is 13.3. The molecule has 0 aromatic heterocycles. The molecule has 1 aromatic carbocycles. The number of ketones is 1. The Morgan fingerprint density at radius 3 is 2.93 bits per heavy atom. The van der Waals surface area contributed by atoms with E-state index in [9.17, 15) is 4.79 Å². The summed E-state index contributed by atoms with van der Waals surface area (Å²) in [5.74, 6) is 2.57. The Morgan fingerprint density at radius 1 is 1.30 bits per heavy atom. The highest BCUT2D eigenvalue weighted by atomic mass is 16.7. The van der Waals surface area contributed by atoms with Crippen LogP contribution in [0.2, 0.25) is 0 Å². The van der Waals surface area contributed by atoms with Gasteiger partial charge in [-0.05, 0) is 30.5 Å². The van der Waals surface area contributed by atoms with Crippen molar-refractivity contribution in [1.82, 2.24) is 0 Å². The van der Waals surface area contributed by atoms with Crippen molar-refractivity contribution in [2.45, 2.75) is 31.3 Å². The highest BCUT2D eigenvalue weighted by molar-refractivity contribution is 5.99. The summed E-state index contributed by atoms with van der Waals surface area (Å²) in [5.41, 5.74) is -0.191. The lowest BCUT2D eigenvalue weighted by molar-refractivity contribution is -0.126. The van der Waals surface area contributed by atoms with E-state index < -0.39 is 11.0 Å². The van der Waals surface area contributed by atoms with Gasteiger partial charge in [-0.25, -0.2) is 0 Å². The van der Waals surface area contributed by atoms with Crippen LogP contribution in [0.25, 0.3) is 0 Å². The molecule has 1 spiro atoms. The van der Waals surface area contributed by atoms with Crippen LogP contribution in [0.3, 0.4) is 0 Å². The van der Waals surface area contributed by atoms with Crippen molar-refractivity contribution in [1.29, 1.82) is 0 Å². The Bertz CT molecular complexity index is 874. The van der Waals surface area contributed by atoms with Gasteiger partial charge >= 0.3 is 0 Å². The Kier molecular flexibility index (Phi) is 3.41. The molecular weight excluding hydrogens is 348 g/mol. The second-order valence-electron chi connectivity index (χ2n) is 7.72. The van der Waals surface area contributed by atoms with Gasteiger partial charge in [-0.2, -0.15) is 0 Å². The van der Waals surface area contributed by atoms with Crippen molar-refractivity contribution >= 4 is 5.78 Å². The lowest BCUT2D eigenvalue weighted by Crippen LogP contribution is -2.39. The molecule has 0 N–H and O–H groups in total. The van der Waals surface area contributed by atoms with E-state index in [4.69, 9.17) is 23.7 Å². The number of allylic oxidation sites excluding steroid dienone is 2. The SMILES string of the molecule is C=CC[C@@]12C[C@@]3(OCOC3=CC1=O)[C@@H](C)[C@@H]2c1cc(OC)c2c(c1)OCO2. The Labute approximate surface area is 157 Å². The molecule has 6 heteroatoms. The van der Waals surface area contributed by atoms with Crippen molar-refractivity contribution in [2.75, 3.05) is 20.7 Å². The standard InChI is InChI=1S/C21H22O6/c1-4-5-20-9-21(17(8-16(20)22)25-11-27-21)12(2)18(20)13-6-14(23-3)19-15(7-13)24-10-26-19/h4,6-8,12,18H,1,5,9-11H2,2-3H3/t12-,18+,20+,21+/m0/s1. The van der Waals surface area contributed by atoms with E-state index in [1.54, 1.807) is 13.2 Å². The monoisotopic (exact) mass is 370 g/mol. The second-order valence-corrected chi connectivity index (χ2v) is 7.72. The molecule has 1 aromatic rings. The van der Waals surface area contributed by atoms with Gasteiger partial charge in [0, 0.05) is 23.3 Å². The first-order valence-electron chi connectivity index (χ1n) is 9.17. The normalized spacial score (nSPS) is 35.5. The zero-order valence-electron chi connectivity index (χ0n) is 15.4. The first kappa shape index (κ1) is 16.7. The minimum atomic E-state index is -0.614. The van der Waals surface area contributed by atoms with Crippen molar-refractivity contribution in [2.24, 2.45) is 11.3 Å². The maximum absolute atomic E-state index is 13.3. The maximum Gasteiger partial charge on any atom is 0.231 e. The molecule has 2 heterocycles. The van der Waals surface area contributed by atoms with Gasteiger partial charge in [0.25, 0.3) is 0 Å². The van der Waals surface area contributed by atoms with Crippen LogP contribution < -0.4 is 14.2 Å². The molecule has 2 aliphatic heterocycles. The van der Waals surface area contributed by atoms with E-state index in [0.29, 0.717) is 35.8 Å². The molecule has 2 fully saturated rings. The highest BCUT2D eigenvalue weighted by Crippen LogP contribution is 2.67. The van der Waals surface area contributed by atoms with Crippen molar-refractivity contribution in [3.63, 3.8) is 0 Å². The number of hydrogen-bond donors (Lipinski definition) is 0. The minimum absolute atomic E-state index is 0.0442. The van der Waals surface area contributed by atoms with Crippen molar-refractivity contribution in [3.05, 3.63) is 42.2 Å². The molecule has 0 radical (unpaired) electrons. The first-order valence-corrected chi connectivity index (χ1v) is 9.17. The van der Waals surface area contributed by atoms with E-state index >= 15 is 0 Å². The minimum Gasteiger partial charge on any atom is -0.493 e. The molecule has 2 bridgehead atoms. The van der Waals surface area contributed by atoms with Crippen molar-refractivity contribution < 1.29 is 28.5 Å². The van der Waals surface area contributed by atoms with E-state index in [0.717, 1.165) is 5.56 Å². The van der Waals surface area contributed by atoms with Crippen LogP contribution in [0.4, 0.5) is 0 Å². The van der Waals surface area contributed by atoms with Gasteiger partial charge in [0.2, 0.25) is 12.5 Å². The van der Waals surface area contributed by atoms with Crippen LogP contribution in [-0.2, 0) is 14.3 Å². The van der Waals surface area contributed by atoms with Gasteiger partial charge in [-0.1, -0.05) is 13.0 Å². The number of carbonyl (C=O) groups is 1. The molecule has 142 valence electrons. The summed E-state index contributed by atoms with van der Waals surface area (Å²) in [6.07, 6.45) is 4.64. The number of fused-ring (bicyclic) bond motifs is 2. The van der Waals surface area contributed by atoms with Crippen LogP contribution in [0, 0.1) is 11.3 Å². The van der Waals surface area contributed by atoms with Gasteiger partial charge in [0.05, 0.1) is 7.11 Å². The van der Waals surface area contributed by atoms with E-state index in [-0.39, 0.29) is 31.2 Å². The number of rotatable bonds is 4. The predicted octanol–water partition coefficient (Wildman–Crippen LogP) is 3.32. The van der Waals surface area contributed by atoms with Gasteiger partial charge in [-0.15, -0.1) is 6.58 Å². The first-order chi connectivity index (χ1) is 13.1. The fraction of sp³-hybridized carbons (Fsp3) is 0.476. The quantitative estimate of drug-likeness (QED) is 0.758. The average molecular weight is 370 g/mol. The second kappa shape index (κ2) is 5.52. The zero-order chi connectivity index (χ0) is 18.8. The lowest BCUT2D eigenvalue weighted by Gasteiger charge is -2.35. The molecule has 4 aliphatic rings. The summed E-state index contributed by atoms with van der Waals surface area (Å²) in [6.45, 7) is 6.40. The number of methoxy groups -OCH3 is 1. The molecule has 1 saturated carbocycles. The summed E-state index contributed by atoms with van der Waals surface area (Å²) in [4.78, 5) is 13.3.